The van der Waals surface area contributed by atoms with Crippen LogP contribution in [0.25, 0.3) is 0 Å². The number of azo groups is 1. The molecule has 0 aliphatic rings. The van der Waals surface area contributed by atoms with E-state index >= 15 is 0 Å². The third-order valence-corrected chi connectivity index (χ3v) is 3.48. The van der Waals surface area contributed by atoms with Gasteiger partial charge in [-0.25, -0.2) is 9.78 Å². The first-order chi connectivity index (χ1) is 11.6. The van der Waals surface area contributed by atoms with Gasteiger partial charge in [-0.1, -0.05) is 17.9 Å². The Bertz CT molecular complexity index is 790. The van der Waals surface area contributed by atoms with Gasteiger partial charge in [0.25, 0.3) is 0 Å². The molecule has 0 unspecified atom stereocenters. The van der Waals surface area contributed by atoms with Gasteiger partial charge in [0, 0.05) is 5.57 Å². The fourth-order valence-corrected chi connectivity index (χ4v) is 2.16. The lowest BCUT2D eigenvalue weighted by Crippen LogP contribution is -2.11. The van der Waals surface area contributed by atoms with Crippen molar-refractivity contribution in [3.8, 4) is 11.1 Å². The molecule has 24 heavy (non-hydrogen) atoms. The molecule has 8 heteroatoms. The molecule has 0 spiro atoms. The molecular weight excluding hydrogens is 328 g/mol. The molecule has 0 N–H and O–H groups in total. The van der Waals surface area contributed by atoms with E-state index in [0.717, 1.165) is 0 Å². The van der Waals surface area contributed by atoms with E-state index in [4.69, 9.17) is 14.7 Å². The average molecular weight is 342 g/mol. The van der Waals surface area contributed by atoms with E-state index in [-0.39, 0.29) is 13.2 Å². The highest BCUT2D eigenvalue weighted by atomic mass is 32.1. The van der Waals surface area contributed by atoms with Gasteiger partial charge in [-0.05, 0) is 31.2 Å². The molecular formula is C16H14N4O3S. The summed E-state index contributed by atoms with van der Waals surface area (Å²) in [6, 6.07) is 8.70. The lowest BCUT2D eigenvalue weighted by molar-refractivity contribution is -0.139. The van der Waals surface area contributed by atoms with Crippen LogP contribution in [0.15, 0.2) is 52.8 Å². The van der Waals surface area contributed by atoms with Gasteiger partial charge in [-0.2, -0.15) is 5.26 Å². The van der Waals surface area contributed by atoms with Crippen LogP contribution < -0.4 is 4.74 Å². The van der Waals surface area contributed by atoms with Gasteiger partial charge in [0.05, 0.1) is 6.20 Å². The number of aromatic nitrogens is 1. The third-order valence-electron chi connectivity index (χ3n) is 2.60. The highest BCUT2D eigenvalue weighted by Crippen LogP contribution is 2.32. The van der Waals surface area contributed by atoms with Crippen LogP contribution in [0.5, 0.6) is 5.06 Å². The molecule has 0 aromatic carbocycles. The number of nitrogens with zero attached hydrogens (tertiary/aromatic N) is 4. The Kier molecular flexibility index (Phi) is 6.16. The van der Waals surface area contributed by atoms with E-state index in [2.05, 4.69) is 21.8 Å². The van der Waals surface area contributed by atoms with Crippen molar-refractivity contribution in [2.75, 3.05) is 13.2 Å². The molecule has 0 saturated carbocycles. The number of ether oxygens (including phenoxy) is 2. The molecule has 7 nitrogen and oxygen atoms in total. The molecule has 0 aliphatic carbocycles. The Morgan fingerprint density at radius 1 is 1.33 bits per heavy atom. The van der Waals surface area contributed by atoms with Crippen LogP contribution >= 0.6 is 11.3 Å². The molecule has 0 aliphatic heterocycles. The highest BCUT2D eigenvalue weighted by Gasteiger charge is 2.04. The van der Waals surface area contributed by atoms with E-state index in [0.29, 0.717) is 27.0 Å². The van der Waals surface area contributed by atoms with Gasteiger partial charge >= 0.3 is 5.97 Å². The SMILES string of the molecule is C=C(C)C(=O)OCCOc1ccc(N=Nc2ccc(C#N)nc2)s1. The monoisotopic (exact) mass is 342 g/mol. The van der Waals surface area contributed by atoms with E-state index in [9.17, 15) is 4.79 Å². The summed E-state index contributed by atoms with van der Waals surface area (Å²) in [6.45, 7) is 5.48. The van der Waals surface area contributed by atoms with Crippen LogP contribution in [-0.2, 0) is 9.53 Å². The van der Waals surface area contributed by atoms with Gasteiger partial charge in [0.15, 0.2) is 5.06 Å². The second-order valence-electron chi connectivity index (χ2n) is 4.57. The van der Waals surface area contributed by atoms with Crippen molar-refractivity contribution in [2.45, 2.75) is 6.92 Å². The van der Waals surface area contributed by atoms with Crippen molar-refractivity contribution in [1.82, 2.24) is 4.98 Å². The topological polar surface area (TPSA) is 96.9 Å². The van der Waals surface area contributed by atoms with Crippen molar-refractivity contribution in [3.63, 3.8) is 0 Å². The average Bonchev–Trinajstić information content (AvgIpc) is 3.05. The van der Waals surface area contributed by atoms with Crippen molar-refractivity contribution >= 4 is 28.0 Å². The minimum absolute atomic E-state index is 0.150. The van der Waals surface area contributed by atoms with Crippen molar-refractivity contribution in [3.05, 3.63) is 48.3 Å². The van der Waals surface area contributed by atoms with E-state index in [1.165, 1.54) is 17.5 Å². The Hall–Kier alpha value is -3.05. The molecule has 122 valence electrons. The summed E-state index contributed by atoms with van der Waals surface area (Å²) in [5.41, 5.74) is 1.23. The summed E-state index contributed by atoms with van der Waals surface area (Å²) < 4.78 is 10.4. The number of nitriles is 1. The van der Waals surface area contributed by atoms with E-state index < -0.39 is 5.97 Å². The van der Waals surface area contributed by atoms with Crippen LogP contribution in [0.3, 0.4) is 0 Å². The maximum atomic E-state index is 11.2. The molecule has 0 fully saturated rings. The van der Waals surface area contributed by atoms with Gasteiger partial charge in [0.1, 0.15) is 35.7 Å². The van der Waals surface area contributed by atoms with Gasteiger partial charge < -0.3 is 9.47 Å². The summed E-state index contributed by atoms with van der Waals surface area (Å²) in [5.74, 6) is -0.435. The lowest BCUT2D eigenvalue weighted by Gasteiger charge is -2.04. The highest BCUT2D eigenvalue weighted by molar-refractivity contribution is 7.17. The number of thiophene rings is 1. The fraction of sp³-hybridized carbons (Fsp3) is 0.188. The first-order valence-corrected chi connectivity index (χ1v) is 7.73. The number of rotatable bonds is 7. The van der Waals surface area contributed by atoms with Gasteiger partial charge in [-0.15, -0.1) is 10.2 Å². The number of pyridine rings is 1. The Morgan fingerprint density at radius 3 is 2.83 bits per heavy atom. The van der Waals surface area contributed by atoms with Crippen LogP contribution in [0.2, 0.25) is 0 Å². The maximum absolute atomic E-state index is 11.2. The summed E-state index contributed by atoms with van der Waals surface area (Å²) in [5, 5.41) is 18.1. The second kappa shape index (κ2) is 8.55. The first kappa shape index (κ1) is 17.3. The van der Waals surface area contributed by atoms with E-state index in [1.54, 1.807) is 31.2 Å². The Morgan fingerprint density at radius 2 is 2.17 bits per heavy atom. The number of carbonyl (C=O) groups is 1. The summed E-state index contributed by atoms with van der Waals surface area (Å²) in [7, 11) is 0. The quantitative estimate of drug-likeness (QED) is 0.329. The van der Waals surface area contributed by atoms with Gasteiger partial charge in [0.2, 0.25) is 0 Å². The zero-order valence-corrected chi connectivity index (χ0v) is 13.7. The molecule has 2 heterocycles. The van der Waals surface area contributed by atoms with Crippen molar-refractivity contribution < 1.29 is 14.3 Å². The molecule has 2 rings (SSSR count). The second-order valence-corrected chi connectivity index (χ2v) is 5.60. The van der Waals surface area contributed by atoms with Crippen LogP contribution in [0.4, 0.5) is 10.7 Å². The predicted molar refractivity (Wildman–Crippen MR) is 88.7 cm³/mol. The molecule has 0 bridgehead atoms. The molecule has 0 radical (unpaired) electrons. The van der Waals surface area contributed by atoms with Crippen LogP contribution in [-0.4, -0.2) is 24.2 Å². The summed E-state index contributed by atoms with van der Waals surface area (Å²) in [4.78, 5) is 15.1. The predicted octanol–water partition coefficient (Wildman–Crippen LogP) is 3.93. The number of hydrogen-bond donors (Lipinski definition) is 0. The number of carbonyl (C=O) groups excluding carboxylic acids is 1. The van der Waals surface area contributed by atoms with Crippen LogP contribution in [0.1, 0.15) is 12.6 Å². The third kappa shape index (κ3) is 5.30. The largest absolute Gasteiger partial charge is 0.480 e. The minimum Gasteiger partial charge on any atom is -0.480 e. The Labute approximate surface area is 142 Å². The number of hydrogen-bond acceptors (Lipinski definition) is 8. The lowest BCUT2D eigenvalue weighted by atomic mass is 10.3. The first-order valence-electron chi connectivity index (χ1n) is 6.91. The number of esters is 1. The molecule has 0 saturated heterocycles. The molecule has 0 atom stereocenters. The van der Waals surface area contributed by atoms with E-state index in [1.807, 2.05) is 6.07 Å². The standard InChI is InChI=1S/C16H14N4O3S/c1-11(2)16(21)23-8-7-22-15-6-5-14(24-15)20-19-13-4-3-12(9-17)18-10-13/h3-6,10H,1,7-8H2,2H3. The van der Waals surface area contributed by atoms with Crippen LogP contribution in [0, 0.1) is 11.3 Å². The normalized spacial score (nSPS) is 10.3. The summed E-state index contributed by atoms with van der Waals surface area (Å²) >= 11 is 1.31. The smallest absolute Gasteiger partial charge is 0.333 e. The van der Waals surface area contributed by atoms with Crippen molar-refractivity contribution in [1.29, 1.82) is 5.26 Å². The maximum Gasteiger partial charge on any atom is 0.333 e. The zero-order valence-electron chi connectivity index (χ0n) is 12.9. The van der Waals surface area contributed by atoms with Gasteiger partial charge in [-0.3, -0.25) is 0 Å². The van der Waals surface area contributed by atoms with Crippen molar-refractivity contribution in [2.24, 2.45) is 10.2 Å². The molecule has 2 aromatic heterocycles. The Balaban J connectivity index is 1.82. The fourth-order valence-electron chi connectivity index (χ4n) is 1.46. The minimum atomic E-state index is -0.435. The zero-order chi connectivity index (χ0) is 17.4. The summed E-state index contributed by atoms with van der Waals surface area (Å²) in [6.07, 6.45) is 1.48. The molecule has 2 aromatic rings. The molecule has 0 amide bonds.